The van der Waals surface area contributed by atoms with Gasteiger partial charge in [-0.3, -0.25) is 9.59 Å². The number of aliphatic carboxylic acids is 1. The van der Waals surface area contributed by atoms with Crippen LogP contribution in [0.5, 0.6) is 0 Å². The molecule has 0 fully saturated rings. The highest BCUT2D eigenvalue weighted by molar-refractivity contribution is 7.89. The second kappa shape index (κ2) is 6.85. The van der Waals surface area contributed by atoms with E-state index >= 15 is 0 Å². The van der Waals surface area contributed by atoms with Crippen LogP contribution in [0.25, 0.3) is 0 Å². The summed E-state index contributed by atoms with van der Waals surface area (Å²) in [6.07, 6.45) is 0.0853. The van der Waals surface area contributed by atoms with Crippen molar-refractivity contribution in [2.24, 2.45) is 0 Å². The summed E-state index contributed by atoms with van der Waals surface area (Å²) in [6.45, 7) is 4.26. The molecule has 0 aliphatic heterocycles. The highest BCUT2D eigenvalue weighted by Crippen LogP contribution is 2.19. The molecule has 0 spiro atoms. The molecule has 0 aromatic heterocycles. The van der Waals surface area contributed by atoms with Gasteiger partial charge in [-0.05, 0) is 27.2 Å². The first-order valence-electron chi connectivity index (χ1n) is 5.80. The van der Waals surface area contributed by atoms with Crippen LogP contribution in [0.4, 0.5) is 0 Å². The third kappa shape index (κ3) is 6.53. The van der Waals surface area contributed by atoms with Crippen LogP contribution >= 0.6 is 0 Å². The molecule has 0 rings (SSSR count). The number of carboxylic acids is 1. The summed E-state index contributed by atoms with van der Waals surface area (Å²) in [5, 5.41) is 8.78. The molecule has 112 valence electrons. The van der Waals surface area contributed by atoms with Gasteiger partial charge in [0.25, 0.3) is 0 Å². The normalized spacial score (nSPS) is 12.5. The Morgan fingerprint density at radius 2 is 1.79 bits per heavy atom. The number of carbonyl (C=O) groups excluding carboxylic acids is 1. The minimum Gasteiger partial charge on any atom is -0.480 e. The fourth-order valence-electron chi connectivity index (χ4n) is 1.49. The zero-order valence-corrected chi connectivity index (χ0v) is 12.5. The molecule has 0 bridgehead atoms. The van der Waals surface area contributed by atoms with Crippen molar-refractivity contribution in [3.8, 4) is 0 Å². The molecule has 0 aromatic carbocycles. The van der Waals surface area contributed by atoms with E-state index in [1.807, 2.05) is 0 Å². The number of ether oxygens (including phenoxy) is 1. The van der Waals surface area contributed by atoms with Gasteiger partial charge in [0.15, 0.2) is 0 Å². The van der Waals surface area contributed by atoms with E-state index in [1.165, 1.54) is 7.11 Å². The molecule has 1 N–H and O–H groups in total. The summed E-state index contributed by atoms with van der Waals surface area (Å²) in [6, 6.07) is 0. The summed E-state index contributed by atoms with van der Waals surface area (Å²) in [7, 11) is -2.51. The lowest BCUT2D eigenvalue weighted by Gasteiger charge is -2.33. The highest BCUT2D eigenvalue weighted by atomic mass is 32.2. The molecular formula is C11H21NO6S. The Balaban J connectivity index is 4.81. The SMILES string of the molecule is COC(=O)CCCS(=O)(=O)N(CC(=O)O)C(C)(C)C. The first-order chi connectivity index (χ1) is 8.50. The van der Waals surface area contributed by atoms with E-state index in [0.717, 1.165) is 4.31 Å². The molecule has 0 atom stereocenters. The van der Waals surface area contributed by atoms with Gasteiger partial charge >= 0.3 is 11.9 Å². The molecule has 0 aliphatic rings. The maximum Gasteiger partial charge on any atom is 0.318 e. The van der Waals surface area contributed by atoms with E-state index in [0.29, 0.717) is 0 Å². The van der Waals surface area contributed by atoms with Gasteiger partial charge in [-0.15, -0.1) is 0 Å². The Labute approximate surface area is 113 Å². The lowest BCUT2D eigenvalue weighted by atomic mass is 10.1. The number of rotatable bonds is 7. The van der Waals surface area contributed by atoms with Gasteiger partial charge < -0.3 is 9.84 Å². The van der Waals surface area contributed by atoms with Gasteiger partial charge in [-0.25, -0.2) is 8.42 Å². The van der Waals surface area contributed by atoms with Crippen LogP contribution in [0, 0.1) is 0 Å². The quantitative estimate of drug-likeness (QED) is 0.684. The monoisotopic (exact) mass is 295 g/mol. The Bertz CT molecular complexity index is 423. The van der Waals surface area contributed by atoms with E-state index in [9.17, 15) is 18.0 Å². The van der Waals surface area contributed by atoms with Crippen LogP contribution in [0.2, 0.25) is 0 Å². The van der Waals surface area contributed by atoms with Crippen molar-refractivity contribution in [1.82, 2.24) is 4.31 Å². The molecule has 0 amide bonds. The second-order valence-corrected chi connectivity index (χ2v) is 7.08. The fourth-order valence-corrected chi connectivity index (χ4v) is 3.36. The zero-order valence-electron chi connectivity index (χ0n) is 11.7. The van der Waals surface area contributed by atoms with Crippen molar-refractivity contribution in [2.45, 2.75) is 39.2 Å². The Kier molecular flexibility index (Phi) is 6.44. The van der Waals surface area contributed by atoms with Crippen molar-refractivity contribution in [3.05, 3.63) is 0 Å². The molecule has 0 aromatic rings. The number of hydrogen-bond donors (Lipinski definition) is 1. The predicted octanol–water partition coefficient (Wildman–Crippen LogP) is 0.454. The number of carboxylic acid groups (broad SMARTS) is 1. The fraction of sp³-hybridized carbons (Fsp3) is 0.818. The van der Waals surface area contributed by atoms with E-state index < -0.39 is 34.0 Å². The van der Waals surface area contributed by atoms with E-state index in [2.05, 4.69) is 4.74 Å². The predicted molar refractivity (Wildman–Crippen MR) is 69.1 cm³/mol. The minimum absolute atomic E-state index is 0.0131. The van der Waals surface area contributed by atoms with Gasteiger partial charge in [0.2, 0.25) is 10.0 Å². The number of methoxy groups -OCH3 is 1. The first-order valence-corrected chi connectivity index (χ1v) is 7.40. The Hall–Kier alpha value is -1.15. The molecule has 0 radical (unpaired) electrons. The van der Waals surface area contributed by atoms with Crippen molar-refractivity contribution in [1.29, 1.82) is 0 Å². The molecule has 0 saturated heterocycles. The Morgan fingerprint density at radius 1 is 1.26 bits per heavy atom. The van der Waals surface area contributed by atoms with E-state index in [4.69, 9.17) is 5.11 Å². The Morgan fingerprint density at radius 3 is 2.16 bits per heavy atom. The average molecular weight is 295 g/mol. The van der Waals surface area contributed by atoms with Crippen molar-refractivity contribution in [2.75, 3.05) is 19.4 Å². The number of nitrogens with zero attached hydrogens (tertiary/aromatic N) is 1. The molecule has 0 saturated carbocycles. The lowest BCUT2D eigenvalue weighted by molar-refractivity contribution is -0.141. The van der Waals surface area contributed by atoms with Gasteiger partial charge in [-0.2, -0.15) is 4.31 Å². The molecule has 7 nitrogen and oxygen atoms in total. The summed E-state index contributed by atoms with van der Waals surface area (Å²) >= 11 is 0. The van der Waals surface area contributed by atoms with Crippen LogP contribution in [0.3, 0.4) is 0 Å². The summed E-state index contributed by atoms with van der Waals surface area (Å²) in [5.41, 5.74) is -0.831. The maximum atomic E-state index is 12.1. The summed E-state index contributed by atoms with van der Waals surface area (Å²) in [5.74, 6) is -1.99. The molecule has 19 heavy (non-hydrogen) atoms. The van der Waals surface area contributed by atoms with Gasteiger partial charge in [0.1, 0.15) is 6.54 Å². The van der Waals surface area contributed by atoms with Crippen LogP contribution in [-0.4, -0.2) is 54.7 Å². The van der Waals surface area contributed by atoms with Gasteiger partial charge in [-0.1, -0.05) is 0 Å². The number of carbonyl (C=O) groups is 2. The van der Waals surface area contributed by atoms with Gasteiger partial charge in [0.05, 0.1) is 12.9 Å². The average Bonchev–Trinajstić information content (AvgIpc) is 2.23. The summed E-state index contributed by atoms with van der Waals surface area (Å²) in [4.78, 5) is 21.7. The summed E-state index contributed by atoms with van der Waals surface area (Å²) < 4.78 is 29.5. The number of sulfonamides is 1. The smallest absolute Gasteiger partial charge is 0.318 e. The van der Waals surface area contributed by atoms with E-state index in [1.54, 1.807) is 20.8 Å². The van der Waals surface area contributed by atoms with Crippen LogP contribution < -0.4 is 0 Å². The molecule has 0 heterocycles. The molecule has 0 aliphatic carbocycles. The van der Waals surface area contributed by atoms with E-state index in [-0.39, 0.29) is 18.6 Å². The largest absolute Gasteiger partial charge is 0.480 e. The first kappa shape index (κ1) is 17.8. The molecule has 8 heteroatoms. The third-order valence-electron chi connectivity index (χ3n) is 2.37. The highest BCUT2D eigenvalue weighted by Gasteiger charge is 2.34. The van der Waals surface area contributed by atoms with Crippen molar-refractivity contribution < 1.29 is 27.9 Å². The minimum atomic E-state index is -3.73. The number of esters is 1. The van der Waals surface area contributed by atoms with Crippen molar-refractivity contribution in [3.63, 3.8) is 0 Å². The van der Waals surface area contributed by atoms with Crippen LogP contribution in [0.1, 0.15) is 33.6 Å². The molecule has 0 unspecified atom stereocenters. The topological polar surface area (TPSA) is 101 Å². The number of hydrogen-bond acceptors (Lipinski definition) is 5. The lowest BCUT2D eigenvalue weighted by Crippen LogP contribution is -2.49. The third-order valence-corrected chi connectivity index (χ3v) is 4.53. The second-order valence-electron chi connectivity index (χ2n) is 5.07. The zero-order chi connectivity index (χ0) is 15.3. The molecular weight excluding hydrogens is 274 g/mol. The maximum absolute atomic E-state index is 12.1. The van der Waals surface area contributed by atoms with Crippen LogP contribution in [0.15, 0.2) is 0 Å². The van der Waals surface area contributed by atoms with Crippen LogP contribution in [-0.2, 0) is 24.3 Å². The van der Waals surface area contributed by atoms with Gasteiger partial charge in [0, 0.05) is 12.0 Å². The van der Waals surface area contributed by atoms with Crippen molar-refractivity contribution >= 4 is 22.0 Å². The standard InChI is InChI=1S/C11H21NO6S/c1-11(2,3)12(8-9(13)14)19(16,17)7-5-6-10(15)18-4/h5-8H2,1-4H3,(H,13,14).